The molecule has 0 atom stereocenters. The average Bonchev–Trinajstić information content (AvgIpc) is 2.61. The summed E-state index contributed by atoms with van der Waals surface area (Å²) in [4.78, 5) is 0. The van der Waals surface area contributed by atoms with Crippen molar-refractivity contribution in [2.45, 2.75) is 0 Å². The van der Waals surface area contributed by atoms with E-state index in [0.29, 0.717) is 16.5 Å². The number of nitrogens with two attached hydrogens (primary N) is 1. The highest BCUT2D eigenvalue weighted by Crippen LogP contribution is 2.28. The van der Waals surface area contributed by atoms with E-state index in [1.807, 2.05) is 0 Å². The third-order valence-corrected chi connectivity index (χ3v) is 1.99. The molecule has 13 heavy (non-hydrogen) atoms. The normalized spacial score (nSPS) is 14.7. The fourth-order valence-electron chi connectivity index (χ4n) is 1.12. The van der Waals surface area contributed by atoms with E-state index in [-0.39, 0.29) is 6.79 Å². The Labute approximate surface area is 80.7 Å². The van der Waals surface area contributed by atoms with E-state index in [9.17, 15) is 0 Å². The smallest absolute Gasteiger partial charge is 0.230 e. The van der Waals surface area contributed by atoms with Crippen LogP contribution >= 0.6 is 11.6 Å². The maximum absolute atomic E-state index is 5.82. The number of rotatable bonds is 1. The maximum Gasteiger partial charge on any atom is 0.230 e. The van der Waals surface area contributed by atoms with Crippen molar-refractivity contribution in [1.29, 1.82) is 0 Å². The largest absolute Gasteiger partial charge is 0.461 e. The molecule has 1 aliphatic rings. The molecule has 1 aromatic carbocycles. The zero-order valence-electron chi connectivity index (χ0n) is 6.79. The summed E-state index contributed by atoms with van der Waals surface area (Å²) in [6.07, 6.45) is 1.53. The Kier molecular flexibility index (Phi) is 2.02. The lowest BCUT2D eigenvalue weighted by Crippen LogP contribution is -1.94. The fourth-order valence-corrected chi connectivity index (χ4v) is 1.30. The van der Waals surface area contributed by atoms with E-state index < -0.39 is 0 Å². The molecular weight excluding hydrogens is 190 g/mol. The van der Waals surface area contributed by atoms with Crippen molar-refractivity contribution < 1.29 is 9.47 Å². The predicted octanol–water partition coefficient (Wildman–Crippen LogP) is 2.22. The number of nitrogen functional groups attached to an aromatic ring is 1. The van der Waals surface area contributed by atoms with Crippen LogP contribution in [0.15, 0.2) is 24.5 Å². The summed E-state index contributed by atoms with van der Waals surface area (Å²) in [5, 5.41) is 0.626. The van der Waals surface area contributed by atoms with Crippen LogP contribution in [0.1, 0.15) is 5.56 Å². The van der Waals surface area contributed by atoms with Crippen LogP contribution in [-0.4, -0.2) is 6.79 Å². The molecule has 0 saturated heterocycles. The second-order valence-corrected chi connectivity index (χ2v) is 3.08. The van der Waals surface area contributed by atoms with Crippen molar-refractivity contribution in [2.75, 3.05) is 12.5 Å². The van der Waals surface area contributed by atoms with Crippen molar-refractivity contribution >= 4 is 23.0 Å². The van der Waals surface area contributed by atoms with E-state index in [4.69, 9.17) is 26.8 Å². The number of hydrogen-bond donors (Lipinski definition) is 1. The summed E-state index contributed by atoms with van der Waals surface area (Å²) in [6.45, 7) is 0.237. The summed E-state index contributed by atoms with van der Waals surface area (Å²) in [5.41, 5.74) is 7.13. The van der Waals surface area contributed by atoms with Gasteiger partial charge in [0.15, 0.2) is 5.76 Å². The lowest BCUT2D eigenvalue weighted by molar-refractivity contribution is 0.101. The molecule has 0 unspecified atom stereocenters. The molecule has 1 heterocycles. The SMILES string of the molecule is Nc1ccc(Cl)cc1C1=COCO1. The molecule has 68 valence electrons. The van der Waals surface area contributed by atoms with Crippen molar-refractivity contribution in [3.8, 4) is 0 Å². The van der Waals surface area contributed by atoms with Crippen LogP contribution in [0.2, 0.25) is 5.02 Å². The third kappa shape index (κ3) is 1.55. The van der Waals surface area contributed by atoms with Gasteiger partial charge >= 0.3 is 0 Å². The standard InChI is InChI=1S/C9H8ClNO2/c10-6-1-2-8(11)7(3-6)9-4-12-5-13-9/h1-4H,5,11H2. The minimum atomic E-state index is 0.237. The van der Waals surface area contributed by atoms with Gasteiger partial charge in [0.05, 0.1) is 0 Å². The van der Waals surface area contributed by atoms with Crippen LogP contribution in [0.25, 0.3) is 5.76 Å². The number of ether oxygens (including phenoxy) is 2. The molecule has 0 fully saturated rings. The van der Waals surface area contributed by atoms with Crippen LogP contribution in [0, 0.1) is 0 Å². The topological polar surface area (TPSA) is 44.5 Å². The van der Waals surface area contributed by atoms with E-state index in [1.165, 1.54) is 6.26 Å². The van der Waals surface area contributed by atoms with Crippen molar-refractivity contribution in [3.05, 3.63) is 35.0 Å². The maximum atomic E-state index is 5.82. The third-order valence-electron chi connectivity index (χ3n) is 1.75. The molecule has 0 saturated carbocycles. The first-order chi connectivity index (χ1) is 6.27. The van der Waals surface area contributed by atoms with Gasteiger partial charge in [-0.25, -0.2) is 0 Å². The number of anilines is 1. The summed E-state index contributed by atoms with van der Waals surface area (Å²) in [6, 6.07) is 5.22. The van der Waals surface area contributed by atoms with Crippen LogP contribution in [-0.2, 0) is 9.47 Å². The zero-order valence-corrected chi connectivity index (χ0v) is 7.54. The lowest BCUT2D eigenvalue weighted by atomic mass is 10.1. The van der Waals surface area contributed by atoms with Crippen LogP contribution < -0.4 is 5.73 Å². The molecule has 4 heteroatoms. The molecule has 1 aliphatic heterocycles. The lowest BCUT2D eigenvalue weighted by Gasteiger charge is -2.05. The number of benzene rings is 1. The minimum Gasteiger partial charge on any atom is -0.461 e. The Morgan fingerprint density at radius 2 is 2.23 bits per heavy atom. The van der Waals surface area contributed by atoms with Crippen LogP contribution in [0.5, 0.6) is 0 Å². The van der Waals surface area contributed by atoms with Gasteiger partial charge in [-0.15, -0.1) is 0 Å². The Bertz CT molecular complexity index is 363. The van der Waals surface area contributed by atoms with E-state index in [0.717, 1.165) is 5.56 Å². The van der Waals surface area contributed by atoms with E-state index >= 15 is 0 Å². The highest BCUT2D eigenvalue weighted by atomic mass is 35.5. The molecule has 0 amide bonds. The predicted molar refractivity (Wildman–Crippen MR) is 50.9 cm³/mol. The number of hydrogen-bond acceptors (Lipinski definition) is 3. The summed E-state index contributed by atoms with van der Waals surface area (Å²) in [7, 11) is 0. The molecule has 0 radical (unpaired) electrons. The first-order valence-corrected chi connectivity index (χ1v) is 4.15. The van der Waals surface area contributed by atoms with Gasteiger partial charge in [-0.05, 0) is 18.2 Å². The highest BCUT2D eigenvalue weighted by molar-refractivity contribution is 6.30. The van der Waals surface area contributed by atoms with Gasteiger partial charge in [-0.1, -0.05) is 11.6 Å². The molecule has 0 aliphatic carbocycles. The zero-order chi connectivity index (χ0) is 9.26. The van der Waals surface area contributed by atoms with Crippen LogP contribution in [0.4, 0.5) is 5.69 Å². The van der Waals surface area contributed by atoms with Crippen LogP contribution in [0.3, 0.4) is 0 Å². The molecule has 2 N–H and O–H groups in total. The molecule has 0 aromatic heterocycles. The van der Waals surface area contributed by atoms with E-state index in [2.05, 4.69) is 0 Å². The minimum absolute atomic E-state index is 0.237. The molecule has 2 rings (SSSR count). The van der Waals surface area contributed by atoms with Crippen molar-refractivity contribution in [1.82, 2.24) is 0 Å². The van der Waals surface area contributed by atoms with Gasteiger partial charge in [0, 0.05) is 16.3 Å². The summed E-state index contributed by atoms with van der Waals surface area (Å²) < 4.78 is 10.1. The average molecular weight is 198 g/mol. The molecule has 0 bridgehead atoms. The Morgan fingerprint density at radius 3 is 2.92 bits per heavy atom. The molecular formula is C9H8ClNO2. The van der Waals surface area contributed by atoms with Gasteiger partial charge < -0.3 is 15.2 Å². The fraction of sp³-hybridized carbons (Fsp3) is 0.111. The van der Waals surface area contributed by atoms with Gasteiger partial charge in [-0.3, -0.25) is 0 Å². The highest BCUT2D eigenvalue weighted by Gasteiger charge is 2.12. The monoisotopic (exact) mass is 197 g/mol. The van der Waals surface area contributed by atoms with Gasteiger partial charge in [0.25, 0.3) is 0 Å². The van der Waals surface area contributed by atoms with Gasteiger partial charge in [0.2, 0.25) is 6.79 Å². The Morgan fingerprint density at radius 1 is 1.38 bits per heavy atom. The molecule has 1 aromatic rings. The van der Waals surface area contributed by atoms with Gasteiger partial charge in [-0.2, -0.15) is 0 Å². The first-order valence-electron chi connectivity index (χ1n) is 3.77. The van der Waals surface area contributed by atoms with Gasteiger partial charge in [0.1, 0.15) is 6.26 Å². The Hall–Kier alpha value is -1.35. The summed E-state index contributed by atoms with van der Waals surface area (Å²) in [5.74, 6) is 0.625. The Balaban J connectivity index is 2.43. The summed E-state index contributed by atoms with van der Waals surface area (Å²) >= 11 is 5.82. The quantitative estimate of drug-likeness (QED) is 0.703. The second kappa shape index (κ2) is 3.18. The molecule has 0 spiro atoms. The van der Waals surface area contributed by atoms with E-state index in [1.54, 1.807) is 18.2 Å². The van der Waals surface area contributed by atoms with Crippen molar-refractivity contribution in [2.24, 2.45) is 0 Å². The van der Waals surface area contributed by atoms with Crippen molar-refractivity contribution in [3.63, 3.8) is 0 Å². The molecule has 3 nitrogen and oxygen atoms in total. The number of halogens is 1. The first kappa shape index (κ1) is 8.26. The second-order valence-electron chi connectivity index (χ2n) is 2.64.